The topological polar surface area (TPSA) is 46.0 Å². The second-order valence-corrected chi connectivity index (χ2v) is 6.31. The van der Waals surface area contributed by atoms with E-state index in [4.69, 9.17) is 23.8 Å². The van der Waals surface area contributed by atoms with Crippen molar-refractivity contribution >= 4 is 40.8 Å². The molecule has 0 saturated carbocycles. The molecule has 0 saturated heterocycles. The summed E-state index contributed by atoms with van der Waals surface area (Å²) in [5.74, 6) is 0.615. The van der Waals surface area contributed by atoms with Crippen molar-refractivity contribution in [2.75, 3.05) is 0 Å². The molecule has 0 radical (unpaired) electrons. The lowest BCUT2D eigenvalue weighted by atomic mass is 10.1. The molecule has 0 spiro atoms. The minimum atomic E-state index is 0.423. The molecule has 0 aliphatic carbocycles. The predicted octanol–water partition coefficient (Wildman–Crippen LogP) is 5.30. The van der Waals surface area contributed by atoms with Crippen molar-refractivity contribution in [1.29, 1.82) is 0 Å². The van der Waals surface area contributed by atoms with Crippen molar-refractivity contribution in [1.82, 2.24) is 14.9 Å². The maximum atomic E-state index is 6.08. The summed E-state index contributed by atoms with van der Waals surface area (Å²) >= 11 is 11.4. The van der Waals surface area contributed by atoms with E-state index in [2.05, 4.69) is 33.5 Å². The maximum absolute atomic E-state index is 6.08. The van der Waals surface area contributed by atoms with Gasteiger partial charge in [-0.1, -0.05) is 66.2 Å². The van der Waals surface area contributed by atoms with Crippen molar-refractivity contribution in [2.45, 2.75) is 0 Å². The third-order valence-corrected chi connectivity index (χ3v) is 4.37. The Morgan fingerprint density at radius 2 is 1.84 bits per heavy atom. The lowest BCUT2D eigenvalue weighted by Gasteiger charge is -2.03. The van der Waals surface area contributed by atoms with Crippen molar-refractivity contribution in [2.24, 2.45) is 5.10 Å². The van der Waals surface area contributed by atoms with E-state index in [1.54, 1.807) is 10.9 Å². The monoisotopic (exact) mass is 364 g/mol. The summed E-state index contributed by atoms with van der Waals surface area (Å²) in [7, 11) is 0. The van der Waals surface area contributed by atoms with Crippen molar-refractivity contribution in [3.63, 3.8) is 0 Å². The first-order valence-corrected chi connectivity index (χ1v) is 8.46. The van der Waals surface area contributed by atoms with Gasteiger partial charge in [-0.25, -0.2) is 5.10 Å². The quantitative estimate of drug-likeness (QED) is 0.396. The van der Waals surface area contributed by atoms with Crippen LogP contribution in [0.4, 0.5) is 0 Å². The Labute approximate surface area is 154 Å². The highest BCUT2D eigenvalue weighted by molar-refractivity contribution is 7.71. The van der Waals surface area contributed by atoms with E-state index >= 15 is 0 Å². The summed E-state index contributed by atoms with van der Waals surface area (Å²) in [6, 6.07) is 21.7. The molecule has 122 valence electrons. The zero-order chi connectivity index (χ0) is 17.2. The Hall–Kier alpha value is -2.76. The Morgan fingerprint density at radius 3 is 2.72 bits per heavy atom. The van der Waals surface area contributed by atoms with Crippen LogP contribution in [0.15, 0.2) is 71.8 Å². The molecule has 1 N–H and O–H groups in total. The van der Waals surface area contributed by atoms with E-state index < -0.39 is 0 Å². The SMILES string of the molecule is S=c1[nH]nc(-c2cccc(Cl)c2)n1/N=C\c1cccc2ccccc12. The van der Waals surface area contributed by atoms with Gasteiger partial charge in [-0.15, -0.1) is 0 Å². The zero-order valence-electron chi connectivity index (χ0n) is 13.1. The van der Waals surface area contributed by atoms with E-state index in [1.165, 1.54) is 0 Å². The molecule has 0 unspecified atom stereocenters. The van der Waals surface area contributed by atoms with Gasteiger partial charge in [0.05, 0.1) is 6.21 Å². The Morgan fingerprint density at radius 1 is 1.04 bits per heavy atom. The molecule has 4 rings (SSSR count). The minimum absolute atomic E-state index is 0.423. The molecule has 0 bridgehead atoms. The van der Waals surface area contributed by atoms with Crippen LogP contribution >= 0.6 is 23.8 Å². The van der Waals surface area contributed by atoms with Gasteiger partial charge in [-0.2, -0.15) is 14.9 Å². The van der Waals surface area contributed by atoms with Crippen LogP contribution in [-0.4, -0.2) is 21.1 Å². The zero-order valence-corrected chi connectivity index (χ0v) is 14.6. The number of hydrogen-bond donors (Lipinski definition) is 1. The molecule has 3 aromatic carbocycles. The molecule has 0 atom stereocenters. The minimum Gasteiger partial charge on any atom is -0.250 e. The van der Waals surface area contributed by atoms with Gasteiger partial charge in [0.2, 0.25) is 4.77 Å². The van der Waals surface area contributed by atoms with Crippen molar-refractivity contribution in [3.05, 3.63) is 82.1 Å². The number of nitrogens with zero attached hydrogens (tertiary/aromatic N) is 3. The van der Waals surface area contributed by atoms with E-state index in [9.17, 15) is 0 Å². The summed E-state index contributed by atoms with van der Waals surface area (Å²) < 4.78 is 2.02. The Kier molecular flexibility index (Phi) is 4.17. The van der Waals surface area contributed by atoms with Gasteiger partial charge in [0.15, 0.2) is 5.82 Å². The molecule has 4 aromatic rings. The predicted molar refractivity (Wildman–Crippen MR) is 105 cm³/mol. The molecule has 0 amide bonds. The fourth-order valence-corrected chi connectivity index (χ4v) is 3.07. The van der Waals surface area contributed by atoms with Gasteiger partial charge < -0.3 is 0 Å². The molecule has 0 aliphatic heterocycles. The number of aromatic nitrogens is 3. The fourth-order valence-electron chi connectivity index (χ4n) is 2.70. The molecule has 6 heteroatoms. The lowest BCUT2D eigenvalue weighted by molar-refractivity contribution is 0.872. The van der Waals surface area contributed by atoms with Crippen LogP contribution in [0.3, 0.4) is 0 Å². The largest absolute Gasteiger partial charge is 0.250 e. The number of fused-ring (bicyclic) bond motifs is 1. The summed E-state index contributed by atoms with van der Waals surface area (Å²) in [5, 5.41) is 14.5. The normalized spacial score (nSPS) is 11.4. The van der Waals surface area contributed by atoms with Crippen LogP contribution in [0.25, 0.3) is 22.2 Å². The number of rotatable bonds is 3. The van der Waals surface area contributed by atoms with E-state index in [0.717, 1.165) is 21.9 Å². The van der Waals surface area contributed by atoms with Crippen LogP contribution in [0.5, 0.6) is 0 Å². The van der Waals surface area contributed by atoms with Gasteiger partial charge in [0.25, 0.3) is 0 Å². The van der Waals surface area contributed by atoms with Gasteiger partial charge in [-0.3, -0.25) is 0 Å². The number of benzene rings is 3. The molecule has 4 nitrogen and oxygen atoms in total. The Bertz CT molecular complexity index is 1140. The van der Waals surface area contributed by atoms with Gasteiger partial charge in [-0.05, 0) is 35.1 Å². The van der Waals surface area contributed by atoms with Crippen LogP contribution < -0.4 is 0 Å². The molecule has 1 aromatic heterocycles. The highest BCUT2D eigenvalue weighted by Crippen LogP contribution is 2.21. The average molecular weight is 365 g/mol. The smallest absolute Gasteiger partial charge is 0.216 e. The van der Waals surface area contributed by atoms with Crippen LogP contribution in [-0.2, 0) is 0 Å². The van der Waals surface area contributed by atoms with Gasteiger partial charge >= 0.3 is 0 Å². The summed E-state index contributed by atoms with van der Waals surface area (Å²) in [6.45, 7) is 0. The number of aromatic amines is 1. The first-order valence-electron chi connectivity index (χ1n) is 7.68. The molecule has 1 heterocycles. The maximum Gasteiger partial charge on any atom is 0.216 e. The fraction of sp³-hybridized carbons (Fsp3) is 0. The van der Waals surface area contributed by atoms with Crippen molar-refractivity contribution in [3.8, 4) is 11.4 Å². The first kappa shape index (κ1) is 15.7. The van der Waals surface area contributed by atoms with Crippen LogP contribution in [0, 0.1) is 4.77 Å². The Balaban J connectivity index is 1.80. The molecule has 0 aliphatic rings. The standard InChI is InChI=1S/C19H13ClN4S/c20-16-9-4-7-14(11-16)18-22-23-19(25)24(18)21-12-15-8-3-6-13-5-1-2-10-17(13)15/h1-12H,(H,23,25)/b21-12-. The molecular formula is C19H13ClN4S. The van der Waals surface area contributed by atoms with Gasteiger partial charge in [0.1, 0.15) is 0 Å². The number of H-pyrrole nitrogens is 1. The first-order chi connectivity index (χ1) is 12.2. The average Bonchev–Trinajstić information content (AvgIpc) is 3.00. The second kappa shape index (κ2) is 6.63. The third kappa shape index (κ3) is 3.12. The highest BCUT2D eigenvalue weighted by Gasteiger charge is 2.08. The molecular weight excluding hydrogens is 352 g/mol. The summed E-state index contributed by atoms with van der Waals surface area (Å²) in [6.07, 6.45) is 1.79. The molecule has 25 heavy (non-hydrogen) atoms. The molecule has 0 fully saturated rings. The summed E-state index contributed by atoms with van der Waals surface area (Å²) in [4.78, 5) is 0. The van der Waals surface area contributed by atoms with Crippen LogP contribution in [0.2, 0.25) is 5.02 Å². The highest BCUT2D eigenvalue weighted by atomic mass is 35.5. The number of nitrogens with one attached hydrogen (secondary N) is 1. The van der Waals surface area contributed by atoms with Crippen molar-refractivity contribution < 1.29 is 0 Å². The van der Waals surface area contributed by atoms with E-state index in [0.29, 0.717) is 15.6 Å². The third-order valence-electron chi connectivity index (χ3n) is 3.87. The van der Waals surface area contributed by atoms with E-state index in [1.807, 2.05) is 48.5 Å². The number of halogens is 1. The number of hydrogen-bond acceptors (Lipinski definition) is 3. The summed E-state index contributed by atoms with van der Waals surface area (Å²) in [5.41, 5.74) is 1.85. The van der Waals surface area contributed by atoms with Crippen LogP contribution in [0.1, 0.15) is 5.56 Å². The van der Waals surface area contributed by atoms with Gasteiger partial charge in [0, 0.05) is 16.1 Å². The second-order valence-electron chi connectivity index (χ2n) is 5.49. The van der Waals surface area contributed by atoms with E-state index in [-0.39, 0.29) is 0 Å². The lowest BCUT2D eigenvalue weighted by Crippen LogP contribution is -1.95.